The summed E-state index contributed by atoms with van der Waals surface area (Å²) in [5, 5.41) is 7.10. The number of thiophene rings is 1. The molecule has 2 saturated heterocycles. The lowest BCUT2D eigenvalue weighted by Crippen LogP contribution is -2.42. The van der Waals surface area contributed by atoms with Crippen molar-refractivity contribution in [3.8, 4) is 23.5 Å². The van der Waals surface area contributed by atoms with Crippen molar-refractivity contribution in [1.29, 1.82) is 0 Å². The lowest BCUT2D eigenvalue weighted by Gasteiger charge is -2.27. The molecule has 5 heterocycles. The van der Waals surface area contributed by atoms with Gasteiger partial charge < -0.3 is 24.4 Å². The van der Waals surface area contributed by atoms with Gasteiger partial charge in [0, 0.05) is 44.0 Å². The average molecular weight is 577 g/mol. The quantitative estimate of drug-likeness (QED) is 0.323. The van der Waals surface area contributed by atoms with Gasteiger partial charge in [-0.25, -0.2) is 19.7 Å². The van der Waals surface area contributed by atoms with Gasteiger partial charge in [0.2, 0.25) is 5.88 Å². The zero-order chi connectivity index (χ0) is 27.3. The summed E-state index contributed by atoms with van der Waals surface area (Å²) < 4.78 is 17.6. The van der Waals surface area contributed by atoms with Gasteiger partial charge in [0.05, 0.1) is 39.4 Å². The molecule has 0 spiro atoms. The molecular weight excluding hydrogens is 552 g/mol. The largest absolute Gasteiger partial charge is 0.445 e. The first-order valence-electron chi connectivity index (χ1n) is 12.8. The number of amides is 1. The number of carbonyl (C=O) groups excluding carboxylic acids is 1. The second kappa shape index (κ2) is 12.1. The van der Waals surface area contributed by atoms with Crippen molar-refractivity contribution in [3.05, 3.63) is 64.9 Å². The Labute approximate surface area is 239 Å². The van der Waals surface area contributed by atoms with E-state index in [0.717, 1.165) is 20.8 Å². The highest BCUT2D eigenvalue weighted by molar-refractivity contribution is 7.20. The zero-order valence-corrected chi connectivity index (χ0v) is 22.9. The summed E-state index contributed by atoms with van der Waals surface area (Å²) in [6.07, 6.45) is 3.32. The first-order valence-corrected chi connectivity index (χ1v) is 14.0. The molecule has 12 heteroatoms. The summed E-state index contributed by atoms with van der Waals surface area (Å²) in [5.74, 6) is 8.14. The minimum absolute atomic E-state index is 0.0645. The molecule has 3 aromatic heterocycles. The number of pyridine rings is 1. The molecule has 2 aliphatic heterocycles. The van der Waals surface area contributed by atoms with Crippen molar-refractivity contribution in [2.24, 2.45) is 0 Å². The summed E-state index contributed by atoms with van der Waals surface area (Å²) in [4.78, 5) is 27.9. The lowest BCUT2D eigenvalue weighted by molar-refractivity contribution is 0.0156. The number of ether oxygens (including phenoxy) is 3. The van der Waals surface area contributed by atoms with E-state index in [9.17, 15) is 4.79 Å². The van der Waals surface area contributed by atoms with E-state index in [1.165, 1.54) is 17.7 Å². The number of carbonyl (C=O) groups is 1. The third-order valence-corrected chi connectivity index (χ3v) is 7.70. The Balaban J connectivity index is 1.10. The highest BCUT2D eigenvalue weighted by Crippen LogP contribution is 2.34. The fourth-order valence-corrected chi connectivity index (χ4v) is 5.48. The van der Waals surface area contributed by atoms with Gasteiger partial charge in [0.15, 0.2) is 5.82 Å². The molecule has 0 saturated carbocycles. The number of nitrogens with one attached hydrogen (secondary N) is 2. The van der Waals surface area contributed by atoms with Gasteiger partial charge in [-0.1, -0.05) is 29.5 Å². The highest BCUT2D eigenvalue weighted by Gasteiger charge is 2.28. The number of benzene rings is 1. The van der Waals surface area contributed by atoms with E-state index in [4.69, 9.17) is 25.8 Å². The normalized spacial score (nSPS) is 18.7. The van der Waals surface area contributed by atoms with Crippen LogP contribution in [0.5, 0.6) is 11.6 Å². The van der Waals surface area contributed by atoms with Gasteiger partial charge in [0.25, 0.3) is 0 Å². The van der Waals surface area contributed by atoms with E-state index >= 15 is 0 Å². The van der Waals surface area contributed by atoms with E-state index < -0.39 is 0 Å². The van der Waals surface area contributed by atoms with Crippen LogP contribution in [0, 0.1) is 11.8 Å². The molecule has 1 amide bonds. The molecular formula is C28H25ClN6O4S. The van der Waals surface area contributed by atoms with Crippen molar-refractivity contribution in [2.45, 2.75) is 18.6 Å². The Morgan fingerprint density at radius 3 is 2.90 bits per heavy atom. The molecule has 40 heavy (non-hydrogen) atoms. The van der Waals surface area contributed by atoms with Crippen LogP contribution in [0.25, 0.3) is 10.2 Å². The van der Waals surface area contributed by atoms with Gasteiger partial charge in [-0.15, -0.1) is 11.3 Å². The van der Waals surface area contributed by atoms with E-state index in [0.29, 0.717) is 61.7 Å². The molecule has 4 aromatic rings. The van der Waals surface area contributed by atoms with Crippen LogP contribution in [0.15, 0.2) is 55.0 Å². The van der Waals surface area contributed by atoms with Crippen LogP contribution >= 0.6 is 22.9 Å². The molecule has 6 rings (SSSR count). The molecule has 0 radical (unpaired) electrons. The van der Waals surface area contributed by atoms with Gasteiger partial charge in [-0.2, -0.15) is 0 Å². The number of nitrogens with zero attached hydrogens (tertiary/aromatic N) is 4. The molecule has 2 fully saturated rings. The first kappa shape index (κ1) is 26.3. The number of rotatable bonds is 5. The fraction of sp³-hybridized carbons (Fsp3) is 0.286. The van der Waals surface area contributed by atoms with E-state index in [1.54, 1.807) is 29.3 Å². The maximum atomic E-state index is 12.4. The molecule has 2 atom stereocenters. The number of halogens is 1. The van der Waals surface area contributed by atoms with Crippen LogP contribution in [0.4, 0.5) is 16.3 Å². The SMILES string of the molecule is O=C(OC1CNC(C#Cc2cc3ncnc(Nc4ccc(Oc5ccccn5)c(Cl)c4)c3s2)C1)N1CCOCC1. The maximum Gasteiger partial charge on any atom is 0.410 e. The van der Waals surface area contributed by atoms with Crippen molar-refractivity contribution in [1.82, 2.24) is 25.2 Å². The van der Waals surface area contributed by atoms with E-state index in [2.05, 4.69) is 37.4 Å². The van der Waals surface area contributed by atoms with E-state index in [-0.39, 0.29) is 18.2 Å². The summed E-state index contributed by atoms with van der Waals surface area (Å²) in [7, 11) is 0. The zero-order valence-electron chi connectivity index (χ0n) is 21.3. The number of aromatic nitrogens is 3. The number of hydrogen-bond donors (Lipinski definition) is 2. The third-order valence-electron chi connectivity index (χ3n) is 6.35. The van der Waals surface area contributed by atoms with Crippen molar-refractivity contribution < 1.29 is 19.0 Å². The standard InChI is InChI=1S/C28H25ClN6O4S/c29-22-14-19(5-7-24(22)39-25-3-1-2-8-30-25)34-27-26-23(32-17-33-27)15-21(40-26)6-4-18-13-20(16-31-18)38-28(36)35-9-11-37-12-10-35/h1-3,5,7-8,14-15,17-18,20,31H,9-13,16H2,(H,32,33,34). The molecule has 0 bridgehead atoms. The molecule has 2 unspecified atom stereocenters. The first-order chi connectivity index (χ1) is 19.6. The number of anilines is 2. The number of morpholine rings is 1. The molecule has 1 aromatic carbocycles. The highest BCUT2D eigenvalue weighted by atomic mass is 35.5. The van der Waals surface area contributed by atoms with Crippen LogP contribution in [0.2, 0.25) is 5.02 Å². The predicted octanol–water partition coefficient (Wildman–Crippen LogP) is 4.83. The Bertz CT molecular complexity index is 1570. The molecule has 10 nitrogen and oxygen atoms in total. The number of fused-ring (bicyclic) bond motifs is 1. The maximum absolute atomic E-state index is 12.4. The smallest absolute Gasteiger partial charge is 0.410 e. The summed E-state index contributed by atoms with van der Waals surface area (Å²) in [6.45, 7) is 2.80. The minimum atomic E-state index is -0.288. The van der Waals surface area contributed by atoms with Crippen LogP contribution in [-0.4, -0.2) is 70.9 Å². The average Bonchev–Trinajstić information content (AvgIpc) is 3.61. The second-order valence-corrected chi connectivity index (χ2v) is 10.6. The van der Waals surface area contributed by atoms with E-state index in [1.807, 2.05) is 24.3 Å². The lowest BCUT2D eigenvalue weighted by atomic mass is 10.2. The van der Waals surface area contributed by atoms with Crippen LogP contribution in [-0.2, 0) is 9.47 Å². The second-order valence-electron chi connectivity index (χ2n) is 9.16. The summed E-state index contributed by atoms with van der Waals surface area (Å²) in [6, 6.07) is 12.7. The van der Waals surface area contributed by atoms with Crippen LogP contribution in [0.3, 0.4) is 0 Å². The fourth-order valence-electron chi connectivity index (χ4n) is 4.35. The molecule has 2 N–H and O–H groups in total. The molecule has 0 aliphatic carbocycles. The monoisotopic (exact) mass is 576 g/mol. The summed E-state index contributed by atoms with van der Waals surface area (Å²) in [5.41, 5.74) is 1.55. The third kappa shape index (κ3) is 6.26. The molecule has 204 valence electrons. The van der Waals surface area contributed by atoms with Crippen LogP contribution in [0.1, 0.15) is 11.3 Å². The van der Waals surface area contributed by atoms with Gasteiger partial charge in [-0.05, 0) is 30.3 Å². The molecule has 2 aliphatic rings. The van der Waals surface area contributed by atoms with Gasteiger partial charge >= 0.3 is 6.09 Å². The van der Waals surface area contributed by atoms with Gasteiger partial charge in [0.1, 0.15) is 18.2 Å². The topological polar surface area (TPSA) is 111 Å². The Hall–Kier alpha value is -3.95. The van der Waals surface area contributed by atoms with Crippen molar-refractivity contribution in [3.63, 3.8) is 0 Å². The van der Waals surface area contributed by atoms with Crippen LogP contribution < -0.4 is 15.4 Å². The Morgan fingerprint density at radius 1 is 1.18 bits per heavy atom. The minimum Gasteiger partial charge on any atom is -0.445 e. The van der Waals surface area contributed by atoms with Crippen molar-refractivity contribution >= 4 is 50.8 Å². The summed E-state index contributed by atoms with van der Waals surface area (Å²) >= 11 is 7.97. The number of hydrogen-bond acceptors (Lipinski definition) is 10. The van der Waals surface area contributed by atoms with Gasteiger partial charge in [-0.3, -0.25) is 5.32 Å². The Morgan fingerprint density at radius 2 is 2.08 bits per heavy atom. The predicted molar refractivity (Wildman–Crippen MR) is 152 cm³/mol. The van der Waals surface area contributed by atoms with Crippen molar-refractivity contribution in [2.75, 3.05) is 38.2 Å². The Kier molecular flexibility index (Phi) is 7.92.